The molecule has 2 heterocycles. The Bertz CT molecular complexity index is 550. The van der Waals surface area contributed by atoms with Crippen molar-refractivity contribution in [1.29, 1.82) is 0 Å². The predicted octanol–water partition coefficient (Wildman–Crippen LogP) is 1.18. The van der Waals surface area contributed by atoms with E-state index in [1.54, 1.807) is 23.6 Å². The first-order valence-electron chi connectivity index (χ1n) is 6.26. The molecule has 2 rings (SSSR count). The number of hydrogen-bond acceptors (Lipinski definition) is 5. The number of aromatic nitrogens is 2. The van der Waals surface area contributed by atoms with Gasteiger partial charge in [-0.1, -0.05) is 0 Å². The average molecular weight is 278 g/mol. The third kappa shape index (κ3) is 4.18. The van der Waals surface area contributed by atoms with Gasteiger partial charge in [0.2, 0.25) is 0 Å². The molecular formula is C13H18N4OS. The Morgan fingerprint density at radius 1 is 1.42 bits per heavy atom. The minimum atomic E-state index is -0.0651. The van der Waals surface area contributed by atoms with E-state index in [2.05, 4.69) is 27.2 Å². The second-order valence-corrected chi connectivity index (χ2v) is 5.00. The lowest BCUT2D eigenvalue weighted by Gasteiger charge is -2.07. The Morgan fingerprint density at radius 2 is 2.32 bits per heavy atom. The number of anilines is 1. The van der Waals surface area contributed by atoms with Gasteiger partial charge in [-0.25, -0.2) is 4.68 Å². The second-order valence-electron chi connectivity index (χ2n) is 4.22. The highest BCUT2D eigenvalue weighted by molar-refractivity contribution is 7.07. The van der Waals surface area contributed by atoms with Crippen molar-refractivity contribution in [2.45, 2.75) is 13.0 Å². The first-order valence-corrected chi connectivity index (χ1v) is 7.20. The molecule has 5 nitrogen and oxygen atoms in total. The maximum Gasteiger partial charge on any atom is 0.268 e. The van der Waals surface area contributed by atoms with Crippen molar-refractivity contribution in [2.75, 3.05) is 25.5 Å². The zero-order valence-corrected chi connectivity index (χ0v) is 11.7. The molecule has 0 saturated heterocycles. The summed E-state index contributed by atoms with van der Waals surface area (Å²) in [6.45, 7) is 2.24. The molecule has 0 aliphatic rings. The number of nitrogens with zero attached hydrogens (tertiary/aromatic N) is 2. The molecule has 0 aliphatic carbocycles. The third-order valence-corrected chi connectivity index (χ3v) is 3.50. The molecule has 2 aromatic rings. The molecule has 102 valence electrons. The molecule has 0 spiro atoms. The molecular weight excluding hydrogens is 260 g/mol. The molecule has 0 radical (unpaired) electrons. The van der Waals surface area contributed by atoms with Crippen molar-refractivity contribution >= 4 is 17.0 Å². The van der Waals surface area contributed by atoms with Crippen LogP contribution >= 0.6 is 11.3 Å². The van der Waals surface area contributed by atoms with Crippen LogP contribution in [0.4, 0.5) is 5.69 Å². The number of hydrogen-bond donors (Lipinski definition) is 2. The van der Waals surface area contributed by atoms with E-state index in [1.807, 2.05) is 12.4 Å². The average Bonchev–Trinajstić information content (AvgIpc) is 2.91. The van der Waals surface area contributed by atoms with E-state index in [1.165, 1.54) is 10.2 Å². The fraction of sp³-hybridized carbons (Fsp3) is 0.385. The maximum absolute atomic E-state index is 11.9. The number of rotatable bonds is 7. The van der Waals surface area contributed by atoms with E-state index >= 15 is 0 Å². The third-order valence-electron chi connectivity index (χ3n) is 2.77. The molecule has 0 fully saturated rings. The Hall–Kier alpha value is -1.66. The SMILES string of the molecule is CNCCNc1cnn(CCc2ccsc2)c(=O)c1. The van der Waals surface area contributed by atoms with Crippen LogP contribution in [0, 0.1) is 0 Å². The number of nitrogens with one attached hydrogen (secondary N) is 2. The highest BCUT2D eigenvalue weighted by Crippen LogP contribution is 2.07. The van der Waals surface area contributed by atoms with Gasteiger partial charge in [0.15, 0.2) is 0 Å². The summed E-state index contributed by atoms with van der Waals surface area (Å²) in [5.41, 5.74) is 1.95. The molecule has 0 bridgehead atoms. The Kier molecular flexibility index (Phi) is 5.11. The molecule has 2 aromatic heterocycles. The van der Waals surface area contributed by atoms with Crippen molar-refractivity contribution in [3.8, 4) is 0 Å². The minimum absolute atomic E-state index is 0.0651. The normalized spacial score (nSPS) is 10.6. The summed E-state index contributed by atoms with van der Waals surface area (Å²) in [5.74, 6) is 0. The van der Waals surface area contributed by atoms with E-state index in [0.717, 1.165) is 25.2 Å². The quantitative estimate of drug-likeness (QED) is 0.747. The van der Waals surface area contributed by atoms with Gasteiger partial charge in [-0.2, -0.15) is 16.4 Å². The number of thiophene rings is 1. The second kappa shape index (κ2) is 7.06. The van der Waals surface area contributed by atoms with Crippen LogP contribution in [-0.2, 0) is 13.0 Å². The minimum Gasteiger partial charge on any atom is -0.382 e. The molecule has 0 atom stereocenters. The summed E-state index contributed by atoms with van der Waals surface area (Å²) in [7, 11) is 1.89. The van der Waals surface area contributed by atoms with Crippen LogP contribution in [-0.4, -0.2) is 29.9 Å². The fourth-order valence-electron chi connectivity index (χ4n) is 1.70. The van der Waals surface area contributed by atoms with Gasteiger partial charge in [0.05, 0.1) is 11.9 Å². The fourth-order valence-corrected chi connectivity index (χ4v) is 2.40. The maximum atomic E-state index is 11.9. The van der Waals surface area contributed by atoms with Gasteiger partial charge < -0.3 is 10.6 Å². The van der Waals surface area contributed by atoms with Crippen LogP contribution in [0.5, 0.6) is 0 Å². The van der Waals surface area contributed by atoms with Gasteiger partial charge in [0.1, 0.15) is 0 Å². The summed E-state index contributed by atoms with van der Waals surface area (Å²) in [6.07, 6.45) is 2.54. The standard InChI is InChI=1S/C13H18N4OS/c1-14-4-5-15-12-8-13(18)17(16-9-12)6-2-11-3-7-19-10-11/h3,7-10,14-15H,2,4-6H2,1H3. The van der Waals surface area contributed by atoms with Crippen molar-refractivity contribution in [3.05, 3.63) is 45.0 Å². The summed E-state index contributed by atoms with van der Waals surface area (Å²) < 4.78 is 1.50. The molecule has 0 saturated carbocycles. The summed E-state index contributed by atoms with van der Waals surface area (Å²) in [4.78, 5) is 11.9. The van der Waals surface area contributed by atoms with E-state index in [9.17, 15) is 4.79 Å². The van der Waals surface area contributed by atoms with Crippen LogP contribution in [0.15, 0.2) is 33.9 Å². The van der Waals surface area contributed by atoms with Gasteiger partial charge >= 0.3 is 0 Å². The van der Waals surface area contributed by atoms with Crippen LogP contribution in [0.2, 0.25) is 0 Å². The van der Waals surface area contributed by atoms with Crippen LogP contribution in [0.3, 0.4) is 0 Å². The monoisotopic (exact) mass is 278 g/mol. The molecule has 19 heavy (non-hydrogen) atoms. The molecule has 2 N–H and O–H groups in total. The van der Waals surface area contributed by atoms with Crippen molar-refractivity contribution in [3.63, 3.8) is 0 Å². The van der Waals surface area contributed by atoms with E-state index < -0.39 is 0 Å². The Morgan fingerprint density at radius 3 is 3.00 bits per heavy atom. The lowest BCUT2D eigenvalue weighted by atomic mass is 10.2. The lowest BCUT2D eigenvalue weighted by Crippen LogP contribution is -2.24. The van der Waals surface area contributed by atoms with E-state index in [4.69, 9.17) is 0 Å². The Balaban J connectivity index is 1.93. The van der Waals surface area contributed by atoms with Crippen LogP contribution < -0.4 is 16.2 Å². The van der Waals surface area contributed by atoms with Gasteiger partial charge in [-0.3, -0.25) is 4.79 Å². The van der Waals surface area contributed by atoms with E-state index in [-0.39, 0.29) is 5.56 Å². The molecule has 0 amide bonds. The molecule has 6 heteroatoms. The van der Waals surface area contributed by atoms with Crippen molar-refractivity contribution in [1.82, 2.24) is 15.1 Å². The first kappa shape index (κ1) is 13.8. The lowest BCUT2D eigenvalue weighted by molar-refractivity contribution is 0.579. The van der Waals surface area contributed by atoms with Crippen LogP contribution in [0.1, 0.15) is 5.56 Å². The first-order chi connectivity index (χ1) is 9.29. The molecule has 0 unspecified atom stereocenters. The smallest absolute Gasteiger partial charge is 0.268 e. The molecule has 0 aromatic carbocycles. The van der Waals surface area contributed by atoms with Gasteiger partial charge in [-0.05, 0) is 35.9 Å². The molecule has 0 aliphatic heterocycles. The summed E-state index contributed by atoms with van der Waals surface area (Å²) in [5, 5.41) is 14.5. The summed E-state index contributed by atoms with van der Waals surface area (Å²) >= 11 is 1.67. The van der Waals surface area contributed by atoms with Gasteiger partial charge in [0, 0.05) is 25.7 Å². The highest BCUT2D eigenvalue weighted by Gasteiger charge is 2.01. The van der Waals surface area contributed by atoms with Gasteiger partial charge in [-0.15, -0.1) is 0 Å². The predicted molar refractivity (Wildman–Crippen MR) is 78.9 cm³/mol. The highest BCUT2D eigenvalue weighted by atomic mass is 32.1. The largest absolute Gasteiger partial charge is 0.382 e. The van der Waals surface area contributed by atoms with Crippen LogP contribution in [0.25, 0.3) is 0 Å². The Labute approximate surface area is 116 Å². The van der Waals surface area contributed by atoms with Gasteiger partial charge in [0.25, 0.3) is 5.56 Å². The number of aryl methyl sites for hydroxylation is 2. The summed E-state index contributed by atoms with van der Waals surface area (Å²) in [6, 6.07) is 3.67. The zero-order valence-electron chi connectivity index (χ0n) is 10.9. The topological polar surface area (TPSA) is 59.0 Å². The van der Waals surface area contributed by atoms with Crippen molar-refractivity contribution in [2.24, 2.45) is 0 Å². The zero-order chi connectivity index (χ0) is 13.5. The number of likely N-dealkylation sites (N-methyl/N-ethyl adjacent to an activating group) is 1. The van der Waals surface area contributed by atoms with Crippen molar-refractivity contribution < 1.29 is 0 Å². The van der Waals surface area contributed by atoms with E-state index in [0.29, 0.717) is 6.54 Å².